The standard InChI is InChI=1S/C22H29N3O4S2/c1-4-7-16-29-19-12-8-17(9-13-19)21(26)24-22(30)23-18-10-14-20(15-11-18)31(27,28)25(5-2)6-3/h8-15H,4-7,16H2,1-3H3,(H2,23,24,26,30). The molecule has 0 atom stereocenters. The van der Waals surface area contributed by atoms with E-state index in [1.165, 1.54) is 16.4 Å². The number of carbonyl (C=O) groups is 1. The first-order valence-electron chi connectivity index (χ1n) is 10.3. The molecule has 2 aromatic rings. The van der Waals surface area contributed by atoms with Gasteiger partial charge in [0.25, 0.3) is 5.91 Å². The highest BCUT2D eigenvalue weighted by molar-refractivity contribution is 7.89. The lowest BCUT2D eigenvalue weighted by molar-refractivity contribution is 0.0977. The van der Waals surface area contributed by atoms with Crippen molar-refractivity contribution >= 4 is 38.9 Å². The zero-order chi connectivity index (χ0) is 22.9. The predicted molar refractivity (Wildman–Crippen MR) is 127 cm³/mol. The molecule has 7 nitrogen and oxygen atoms in total. The fourth-order valence-electron chi connectivity index (χ4n) is 2.80. The van der Waals surface area contributed by atoms with E-state index >= 15 is 0 Å². The Morgan fingerprint density at radius 1 is 1.00 bits per heavy atom. The summed E-state index contributed by atoms with van der Waals surface area (Å²) in [4.78, 5) is 12.6. The molecule has 2 aromatic carbocycles. The van der Waals surface area contributed by atoms with Gasteiger partial charge in [-0.3, -0.25) is 10.1 Å². The third kappa shape index (κ3) is 7.02. The highest BCUT2D eigenvalue weighted by Crippen LogP contribution is 2.18. The van der Waals surface area contributed by atoms with E-state index in [0.29, 0.717) is 36.7 Å². The largest absolute Gasteiger partial charge is 0.494 e. The van der Waals surface area contributed by atoms with Gasteiger partial charge >= 0.3 is 0 Å². The van der Waals surface area contributed by atoms with Crippen molar-refractivity contribution in [3.05, 3.63) is 54.1 Å². The molecule has 0 aromatic heterocycles. The number of thiocarbonyl (C=S) groups is 1. The third-order valence-electron chi connectivity index (χ3n) is 4.57. The SMILES string of the molecule is CCCCOc1ccc(C(=O)NC(=S)Nc2ccc(S(=O)(=O)N(CC)CC)cc2)cc1. The Kier molecular flexibility index (Phi) is 9.42. The molecule has 2 rings (SSSR count). The number of hydrogen-bond donors (Lipinski definition) is 2. The molecule has 2 N–H and O–H groups in total. The molecule has 0 aliphatic rings. The van der Waals surface area contributed by atoms with Crippen molar-refractivity contribution in [3.8, 4) is 5.75 Å². The summed E-state index contributed by atoms with van der Waals surface area (Å²) < 4.78 is 32.1. The summed E-state index contributed by atoms with van der Waals surface area (Å²) in [7, 11) is -3.52. The lowest BCUT2D eigenvalue weighted by Gasteiger charge is -2.18. The summed E-state index contributed by atoms with van der Waals surface area (Å²) in [6.07, 6.45) is 2.03. The number of hydrogen-bond acceptors (Lipinski definition) is 5. The van der Waals surface area contributed by atoms with Crippen LogP contribution in [0.3, 0.4) is 0 Å². The van der Waals surface area contributed by atoms with E-state index < -0.39 is 10.0 Å². The van der Waals surface area contributed by atoms with Crippen LogP contribution in [0.5, 0.6) is 5.75 Å². The zero-order valence-corrected chi connectivity index (χ0v) is 19.7. The zero-order valence-electron chi connectivity index (χ0n) is 18.1. The molecule has 0 bridgehead atoms. The van der Waals surface area contributed by atoms with E-state index in [1.54, 1.807) is 50.2 Å². The summed E-state index contributed by atoms with van der Waals surface area (Å²) in [5, 5.41) is 5.62. The van der Waals surface area contributed by atoms with Crippen LogP contribution in [-0.4, -0.2) is 43.4 Å². The molecule has 0 heterocycles. The van der Waals surface area contributed by atoms with Crippen molar-refractivity contribution in [3.63, 3.8) is 0 Å². The number of sulfonamides is 1. The number of carbonyl (C=O) groups excluding carboxylic acids is 1. The van der Waals surface area contributed by atoms with Crippen molar-refractivity contribution in [2.75, 3.05) is 25.0 Å². The van der Waals surface area contributed by atoms with Crippen molar-refractivity contribution in [1.29, 1.82) is 0 Å². The quantitative estimate of drug-likeness (QED) is 0.409. The van der Waals surface area contributed by atoms with Crippen LogP contribution in [0.4, 0.5) is 5.69 Å². The van der Waals surface area contributed by atoms with Gasteiger partial charge in [0.05, 0.1) is 11.5 Å². The van der Waals surface area contributed by atoms with Gasteiger partial charge in [-0.1, -0.05) is 27.2 Å². The maximum Gasteiger partial charge on any atom is 0.257 e. The van der Waals surface area contributed by atoms with E-state index in [2.05, 4.69) is 17.6 Å². The Balaban J connectivity index is 1.94. The van der Waals surface area contributed by atoms with Crippen molar-refractivity contribution in [2.45, 2.75) is 38.5 Å². The number of nitrogens with one attached hydrogen (secondary N) is 2. The number of benzene rings is 2. The van der Waals surface area contributed by atoms with E-state index in [1.807, 2.05) is 0 Å². The Hall–Kier alpha value is -2.49. The summed E-state index contributed by atoms with van der Waals surface area (Å²) in [6.45, 7) is 7.14. The van der Waals surface area contributed by atoms with E-state index in [-0.39, 0.29) is 15.9 Å². The first-order chi connectivity index (χ1) is 14.8. The normalized spacial score (nSPS) is 11.2. The van der Waals surface area contributed by atoms with Gasteiger partial charge in [0, 0.05) is 24.3 Å². The highest BCUT2D eigenvalue weighted by atomic mass is 32.2. The summed E-state index contributed by atoms with van der Waals surface area (Å²) in [5.41, 5.74) is 1.02. The Morgan fingerprint density at radius 2 is 1.61 bits per heavy atom. The van der Waals surface area contributed by atoms with Gasteiger partial charge < -0.3 is 10.1 Å². The van der Waals surface area contributed by atoms with Gasteiger partial charge in [0.15, 0.2) is 5.11 Å². The van der Waals surface area contributed by atoms with Crippen LogP contribution in [0, 0.1) is 0 Å². The van der Waals surface area contributed by atoms with Gasteiger partial charge in [-0.05, 0) is 67.2 Å². The molecule has 0 unspecified atom stereocenters. The minimum absolute atomic E-state index is 0.118. The second-order valence-electron chi connectivity index (χ2n) is 6.75. The van der Waals surface area contributed by atoms with E-state index in [9.17, 15) is 13.2 Å². The molecule has 31 heavy (non-hydrogen) atoms. The van der Waals surface area contributed by atoms with Crippen LogP contribution in [0.15, 0.2) is 53.4 Å². The molecule has 0 fully saturated rings. The maximum absolute atomic E-state index is 12.5. The van der Waals surface area contributed by atoms with Gasteiger partial charge in [0.1, 0.15) is 5.75 Å². The van der Waals surface area contributed by atoms with Crippen molar-refractivity contribution in [1.82, 2.24) is 9.62 Å². The summed E-state index contributed by atoms with van der Waals surface area (Å²) in [6, 6.07) is 13.1. The molecule has 0 spiro atoms. The fourth-order valence-corrected chi connectivity index (χ4v) is 4.47. The minimum atomic E-state index is -3.52. The number of nitrogens with zero attached hydrogens (tertiary/aromatic N) is 1. The first kappa shape index (κ1) is 24.8. The molecule has 168 valence electrons. The van der Waals surface area contributed by atoms with Crippen LogP contribution in [0.25, 0.3) is 0 Å². The molecular weight excluding hydrogens is 434 g/mol. The van der Waals surface area contributed by atoms with Crippen LogP contribution < -0.4 is 15.4 Å². The second kappa shape index (κ2) is 11.8. The van der Waals surface area contributed by atoms with Gasteiger partial charge in [-0.25, -0.2) is 8.42 Å². The van der Waals surface area contributed by atoms with E-state index in [4.69, 9.17) is 17.0 Å². The molecule has 1 amide bonds. The average molecular weight is 464 g/mol. The van der Waals surface area contributed by atoms with E-state index in [0.717, 1.165) is 12.8 Å². The first-order valence-corrected chi connectivity index (χ1v) is 12.1. The molecule has 0 radical (unpaired) electrons. The molecular formula is C22H29N3O4S2. The average Bonchev–Trinajstić information content (AvgIpc) is 2.75. The van der Waals surface area contributed by atoms with Crippen LogP contribution in [0.2, 0.25) is 0 Å². The molecule has 0 saturated carbocycles. The number of rotatable bonds is 10. The smallest absolute Gasteiger partial charge is 0.257 e. The summed E-state index contributed by atoms with van der Waals surface area (Å²) in [5.74, 6) is 0.365. The number of ether oxygens (including phenoxy) is 1. The van der Waals surface area contributed by atoms with Gasteiger partial charge in [0.2, 0.25) is 10.0 Å². The lowest BCUT2D eigenvalue weighted by atomic mass is 10.2. The van der Waals surface area contributed by atoms with Crippen LogP contribution in [-0.2, 0) is 10.0 Å². The van der Waals surface area contributed by atoms with Crippen molar-refractivity contribution < 1.29 is 17.9 Å². The highest BCUT2D eigenvalue weighted by Gasteiger charge is 2.21. The van der Waals surface area contributed by atoms with Crippen LogP contribution in [0.1, 0.15) is 44.0 Å². The lowest BCUT2D eigenvalue weighted by Crippen LogP contribution is -2.34. The monoisotopic (exact) mass is 463 g/mol. The number of amides is 1. The topological polar surface area (TPSA) is 87.7 Å². The van der Waals surface area contributed by atoms with Gasteiger partial charge in [-0.15, -0.1) is 0 Å². The van der Waals surface area contributed by atoms with Crippen molar-refractivity contribution in [2.24, 2.45) is 0 Å². The maximum atomic E-state index is 12.5. The number of unbranched alkanes of at least 4 members (excludes halogenated alkanes) is 1. The minimum Gasteiger partial charge on any atom is -0.494 e. The number of anilines is 1. The fraction of sp³-hybridized carbons (Fsp3) is 0.364. The molecule has 0 saturated heterocycles. The second-order valence-corrected chi connectivity index (χ2v) is 9.09. The van der Waals surface area contributed by atoms with Crippen LogP contribution >= 0.6 is 12.2 Å². The third-order valence-corrected chi connectivity index (χ3v) is 6.83. The summed E-state index contributed by atoms with van der Waals surface area (Å²) >= 11 is 5.20. The Labute approximate surface area is 189 Å². The molecule has 9 heteroatoms. The Bertz CT molecular complexity index is 971. The predicted octanol–water partition coefficient (Wildman–Crippen LogP) is 4.02. The van der Waals surface area contributed by atoms with Gasteiger partial charge in [-0.2, -0.15) is 4.31 Å². The molecule has 0 aliphatic carbocycles. The molecule has 0 aliphatic heterocycles. The Morgan fingerprint density at radius 3 is 2.16 bits per heavy atom.